The van der Waals surface area contributed by atoms with E-state index in [0.29, 0.717) is 9.23 Å². The van der Waals surface area contributed by atoms with Crippen molar-refractivity contribution in [3.05, 3.63) is 67.9 Å². The van der Waals surface area contributed by atoms with E-state index < -0.39 is 0 Å². The van der Waals surface area contributed by atoms with Crippen LogP contribution in [0.5, 0.6) is 0 Å². The van der Waals surface area contributed by atoms with Gasteiger partial charge in [0, 0.05) is 8.95 Å². The molecule has 1 amide bonds. The average molecular weight is 455 g/mol. The molecule has 2 nitrogen and oxygen atoms in total. The van der Waals surface area contributed by atoms with Crippen molar-refractivity contribution in [1.29, 1.82) is 0 Å². The molecule has 1 saturated heterocycles. The van der Waals surface area contributed by atoms with E-state index in [1.807, 2.05) is 54.6 Å². The fourth-order valence-corrected chi connectivity index (χ4v) is 3.97. The van der Waals surface area contributed by atoms with Crippen molar-refractivity contribution in [2.45, 2.75) is 0 Å². The number of amides is 1. The Labute approximate surface area is 154 Å². The van der Waals surface area contributed by atoms with Crippen molar-refractivity contribution < 1.29 is 4.79 Å². The first-order chi connectivity index (χ1) is 10.5. The number of benzene rings is 2. The lowest BCUT2D eigenvalue weighted by Crippen LogP contribution is -2.27. The summed E-state index contributed by atoms with van der Waals surface area (Å²) >= 11 is 13.5. The van der Waals surface area contributed by atoms with Crippen LogP contribution in [0.1, 0.15) is 5.56 Å². The average Bonchev–Trinajstić information content (AvgIpc) is 2.76. The van der Waals surface area contributed by atoms with Crippen LogP contribution >= 0.6 is 55.8 Å². The molecule has 0 atom stereocenters. The summed E-state index contributed by atoms with van der Waals surface area (Å²) in [5.41, 5.74) is 1.74. The van der Waals surface area contributed by atoms with Gasteiger partial charge in [-0.15, -0.1) is 0 Å². The van der Waals surface area contributed by atoms with Gasteiger partial charge < -0.3 is 0 Å². The second-order valence-electron chi connectivity index (χ2n) is 4.55. The molecule has 0 spiro atoms. The lowest BCUT2D eigenvalue weighted by molar-refractivity contribution is -0.113. The van der Waals surface area contributed by atoms with Crippen LogP contribution in [-0.2, 0) is 4.79 Å². The number of rotatable bonds is 2. The van der Waals surface area contributed by atoms with Gasteiger partial charge in [-0.05, 0) is 42.0 Å². The molecule has 110 valence electrons. The van der Waals surface area contributed by atoms with Gasteiger partial charge in [-0.2, -0.15) is 0 Å². The van der Waals surface area contributed by atoms with E-state index in [-0.39, 0.29) is 5.91 Å². The monoisotopic (exact) mass is 453 g/mol. The highest BCUT2D eigenvalue weighted by molar-refractivity contribution is 9.10. The Hall–Kier alpha value is -0.950. The lowest BCUT2D eigenvalue weighted by Gasteiger charge is -2.14. The Bertz CT molecular complexity index is 787. The number of hydrogen-bond acceptors (Lipinski definition) is 3. The number of thioether (sulfide) groups is 1. The van der Waals surface area contributed by atoms with E-state index in [1.165, 1.54) is 11.8 Å². The van der Waals surface area contributed by atoms with Gasteiger partial charge in [0.15, 0.2) is 4.32 Å². The van der Waals surface area contributed by atoms with E-state index in [9.17, 15) is 4.79 Å². The number of nitrogens with zero attached hydrogens (tertiary/aromatic N) is 1. The number of hydrogen-bond donors (Lipinski definition) is 0. The Morgan fingerprint density at radius 3 is 2.45 bits per heavy atom. The Morgan fingerprint density at radius 1 is 1.05 bits per heavy atom. The minimum Gasteiger partial charge on any atom is -0.268 e. The third-order valence-corrected chi connectivity index (χ3v) is 5.35. The molecule has 2 aromatic rings. The fraction of sp³-hybridized carbons (Fsp3) is 0. The van der Waals surface area contributed by atoms with Crippen LogP contribution < -0.4 is 4.90 Å². The van der Waals surface area contributed by atoms with Crippen molar-refractivity contribution in [2.24, 2.45) is 0 Å². The summed E-state index contributed by atoms with van der Waals surface area (Å²) in [6, 6.07) is 15.4. The number of carbonyl (C=O) groups excluding carboxylic acids is 1. The maximum Gasteiger partial charge on any atom is 0.270 e. The zero-order valence-corrected chi connectivity index (χ0v) is 15.9. The molecule has 0 aromatic heterocycles. The van der Waals surface area contributed by atoms with Gasteiger partial charge in [-0.1, -0.05) is 74.0 Å². The molecule has 0 aliphatic carbocycles. The van der Waals surface area contributed by atoms with Crippen LogP contribution in [0, 0.1) is 0 Å². The smallest absolute Gasteiger partial charge is 0.268 e. The SMILES string of the molecule is O=C1C(=Cc2ccc(Br)cc2)SC(=S)N1c1cccc(Br)c1. The van der Waals surface area contributed by atoms with Gasteiger partial charge in [0.2, 0.25) is 0 Å². The lowest BCUT2D eigenvalue weighted by atomic mass is 10.2. The molecule has 1 heterocycles. The first-order valence-corrected chi connectivity index (χ1v) is 9.15. The van der Waals surface area contributed by atoms with Gasteiger partial charge in [0.05, 0.1) is 10.6 Å². The van der Waals surface area contributed by atoms with Crippen molar-refractivity contribution in [2.75, 3.05) is 4.90 Å². The topological polar surface area (TPSA) is 20.3 Å². The van der Waals surface area contributed by atoms with Crippen LogP contribution in [0.15, 0.2) is 62.4 Å². The van der Waals surface area contributed by atoms with Gasteiger partial charge in [0.1, 0.15) is 0 Å². The Kier molecular flexibility index (Phi) is 4.82. The number of carbonyl (C=O) groups is 1. The molecule has 2 aromatic carbocycles. The predicted octanol–water partition coefficient (Wildman–Crippen LogP) is 5.62. The third-order valence-electron chi connectivity index (χ3n) is 3.03. The van der Waals surface area contributed by atoms with Crippen molar-refractivity contribution in [1.82, 2.24) is 0 Å². The van der Waals surface area contributed by atoms with Gasteiger partial charge in [-0.3, -0.25) is 9.69 Å². The van der Waals surface area contributed by atoms with Crippen LogP contribution in [0.4, 0.5) is 5.69 Å². The van der Waals surface area contributed by atoms with Crippen LogP contribution in [0.2, 0.25) is 0 Å². The molecule has 1 aliphatic heterocycles. The molecular weight excluding hydrogens is 446 g/mol. The molecule has 22 heavy (non-hydrogen) atoms. The summed E-state index contributed by atoms with van der Waals surface area (Å²) in [6.07, 6.45) is 1.86. The van der Waals surface area contributed by atoms with Gasteiger partial charge in [-0.25, -0.2) is 0 Å². The Balaban J connectivity index is 1.93. The summed E-state index contributed by atoms with van der Waals surface area (Å²) in [7, 11) is 0. The molecule has 0 radical (unpaired) electrons. The molecule has 0 bridgehead atoms. The molecule has 0 saturated carbocycles. The van der Waals surface area contributed by atoms with E-state index in [4.69, 9.17) is 12.2 Å². The first-order valence-electron chi connectivity index (χ1n) is 6.34. The summed E-state index contributed by atoms with van der Waals surface area (Å²) < 4.78 is 2.47. The van der Waals surface area contributed by atoms with Crippen LogP contribution in [0.3, 0.4) is 0 Å². The molecule has 3 rings (SSSR count). The minimum absolute atomic E-state index is 0.0870. The third kappa shape index (κ3) is 3.35. The van der Waals surface area contributed by atoms with Crippen molar-refractivity contribution in [3.63, 3.8) is 0 Å². The first kappa shape index (κ1) is 15.9. The van der Waals surface area contributed by atoms with E-state index in [1.54, 1.807) is 4.90 Å². The number of thiocarbonyl (C=S) groups is 1. The standard InChI is InChI=1S/C16H9Br2NOS2/c17-11-6-4-10(5-7-11)8-14-15(20)19(16(21)22-14)13-3-1-2-12(18)9-13/h1-9H. The number of anilines is 1. The maximum absolute atomic E-state index is 12.6. The van der Waals surface area contributed by atoms with E-state index in [2.05, 4.69) is 31.9 Å². The highest BCUT2D eigenvalue weighted by Crippen LogP contribution is 2.36. The second kappa shape index (κ2) is 6.66. The van der Waals surface area contributed by atoms with Crippen molar-refractivity contribution in [3.8, 4) is 0 Å². The zero-order valence-electron chi connectivity index (χ0n) is 11.1. The zero-order chi connectivity index (χ0) is 15.7. The van der Waals surface area contributed by atoms with Gasteiger partial charge >= 0.3 is 0 Å². The summed E-state index contributed by atoms with van der Waals surface area (Å²) in [6.45, 7) is 0. The molecule has 1 fully saturated rings. The highest BCUT2D eigenvalue weighted by atomic mass is 79.9. The quantitative estimate of drug-likeness (QED) is 0.434. The molecule has 0 N–H and O–H groups in total. The number of halogens is 2. The summed E-state index contributed by atoms with van der Waals surface area (Å²) in [5, 5.41) is 0. The Morgan fingerprint density at radius 2 is 1.77 bits per heavy atom. The fourth-order valence-electron chi connectivity index (χ4n) is 2.02. The minimum atomic E-state index is -0.0870. The highest BCUT2D eigenvalue weighted by Gasteiger charge is 2.33. The summed E-state index contributed by atoms with van der Waals surface area (Å²) in [5.74, 6) is -0.0870. The van der Waals surface area contributed by atoms with Gasteiger partial charge in [0.25, 0.3) is 5.91 Å². The van der Waals surface area contributed by atoms with E-state index in [0.717, 1.165) is 20.2 Å². The van der Waals surface area contributed by atoms with Crippen molar-refractivity contribution >= 4 is 77.8 Å². The molecular formula is C16H9Br2NOS2. The second-order valence-corrected chi connectivity index (χ2v) is 8.06. The van der Waals surface area contributed by atoms with E-state index >= 15 is 0 Å². The largest absolute Gasteiger partial charge is 0.270 e. The van der Waals surface area contributed by atoms with Crippen LogP contribution in [-0.4, -0.2) is 10.2 Å². The maximum atomic E-state index is 12.6. The predicted molar refractivity (Wildman–Crippen MR) is 104 cm³/mol. The molecule has 6 heteroatoms. The normalized spacial score (nSPS) is 16.6. The molecule has 0 unspecified atom stereocenters. The molecule has 1 aliphatic rings. The summed E-state index contributed by atoms with van der Waals surface area (Å²) in [4.78, 5) is 14.8. The van der Waals surface area contributed by atoms with Crippen LogP contribution in [0.25, 0.3) is 6.08 Å².